The van der Waals surface area contributed by atoms with Gasteiger partial charge in [-0.25, -0.2) is 0 Å². The highest BCUT2D eigenvalue weighted by Gasteiger charge is 2.23. The first-order valence-electron chi connectivity index (χ1n) is 4.56. The number of rotatable bonds is 5. The van der Waals surface area contributed by atoms with E-state index in [0.29, 0.717) is 12.2 Å². The molecule has 0 saturated carbocycles. The van der Waals surface area contributed by atoms with Crippen LogP contribution in [0.15, 0.2) is 6.20 Å². The molecule has 7 nitrogen and oxygen atoms in total. The number of nitro groups is 1. The van der Waals surface area contributed by atoms with Crippen LogP contribution in [0.25, 0.3) is 0 Å². The maximum Gasteiger partial charge on any atom is 0.311 e. The molecule has 0 unspecified atom stereocenters. The standard InChI is InChI=1S/C8H14N4O3/c1-6(11(2)3-4-13)8-7(12(14)15)5-9-10-8/h5-6,13H,3-4H2,1-2H3,(H,9,10)/t6-/m0/s1. The fourth-order valence-corrected chi connectivity index (χ4v) is 1.31. The first-order valence-corrected chi connectivity index (χ1v) is 4.56. The second-order valence-corrected chi connectivity index (χ2v) is 3.31. The number of hydrogen-bond acceptors (Lipinski definition) is 5. The summed E-state index contributed by atoms with van der Waals surface area (Å²) in [5.41, 5.74) is 0.434. The number of aliphatic hydroxyl groups excluding tert-OH is 1. The lowest BCUT2D eigenvalue weighted by Crippen LogP contribution is -2.26. The molecule has 1 aromatic heterocycles. The normalized spacial score (nSPS) is 13.1. The van der Waals surface area contributed by atoms with E-state index < -0.39 is 4.92 Å². The predicted octanol–water partition coefficient (Wildman–Crippen LogP) is 0.303. The molecule has 1 rings (SSSR count). The van der Waals surface area contributed by atoms with Crippen molar-refractivity contribution in [1.29, 1.82) is 0 Å². The minimum absolute atomic E-state index is 0.0166. The molecule has 2 N–H and O–H groups in total. The maximum absolute atomic E-state index is 10.6. The predicted molar refractivity (Wildman–Crippen MR) is 53.4 cm³/mol. The highest BCUT2D eigenvalue weighted by Crippen LogP contribution is 2.25. The molecule has 0 aromatic carbocycles. The van der Waals surface area contributed by atoms with E-state index in [2.05, 4.69) is 10.2 Å². The van der Waals surface area contributed by atoms with E-state index in [4.69, 9.17) is 5.11 Å². The van der Waals surface area contributed by atoms with Crippen molar-refractivity contribution in [2.24, 2.45) is 0 Å². The zero-order valence-corrected chi connectivity index (χ0v) is 8.67. The monoisotopic (exact) mass is 214 g/mol. The Morgan fingerprint density at radius 1 is 1.80 bits per heavy atom. The van der Waals surface area contributed by atoms with Gasteiger partial charge < -0.3 is 5.11 Å². The Labute approximate surface area is 86.9 Å². The Hall–Kier alpha value is -1.47. The summed E-state index contributed by atoms with van der Waals surface area (Å²) >= 11 is 0. The van der Waals surface area contributed by atoms with Gasteiger partial charge in [-0.05, 0) is 14.0 Å². The summed E-state index contributed by atoms with van der Waals surface area (Å²) in [5.74, 6) is 0. The third-order valence-corrected chi connectivity index (χ3v) is 2.38. The van der Waals surface area contributed by atoms with Crippen molar-refractivity contribution >= 4 is 5.69 Å². The van der Waals surface area contributed by atoms with Crippen LogP contribution in [0.4, 0.5) is 5.69 Å². The summed E-state index contributed by atoms with van der Waals surface area (Å²) in [6.07, 6.45) is 1.19. The topological polar surface area (TPSA) is 95.3 Å². The summed E-state index contributed by atoms with van der Waals surface area (Å²) in [4.78, 5) is 12.0. The minimum atomic E-state index is -0.470. The van der Waals surface area contributed by atoms with E-state index >= 15 is 0 Å². The number of hydrogen-bond donors (Lipinski definition) is 2. The molecule has 0 aliphatic carbocycles. The van der Waals surface area contributed by atoms with Gasteiger partial charge in [0.05, 0.1) is 17.6 Å². The van der Waals surface area contributed by atoms with E-state index in [9.17, 15) is 10.1 Å². The van der Waals surface area contributed by atoms with Gasteiger partial charge in [0.1, 0.15) is 11.9 Å². The van der Waals surface area contributed by atoms with E-state index in [1.54, 1.807) is 11.9 Å². The van der Waals surface area contributed by atoms with Crippen molar-refractivity contribution in [2.75, 3.05) is 20.2 Å². The lowest BCUT2D eigenvalue weighted by atomic mass is 10.2. The van der Waals surface area contributed by atoms with Gasteiger partial charge in [0.2, 0.25) is 0 Å². The van der Waals surface area contributed by atoms with Gasteiger partial charge in [0.15, 0.2) is 0 Å². The van der Waals surface area contributed by atoms with Crippen LogP contribution in [-0.2, 0) is 0 Å². The summed E-state index contributed by atoms with van der Waals surface area (Å²) in [7, 11) is 1.78. The van der Waals surface area contributed by atoms with E-state index in [1.165, 1.54) is 6.20 Å². The van der Waals surface area contributed by atoms with Crippen LogP contribution in [0.3, 0.4) is 0 Å². The summed E-state index contributed by atoms with van der Waals surface area (Å²) in [6, 6.07) is -0.181. The van der Waals surface area contributed by atoms with Crippen LogP contribution in [0, 0.1) is 10.1 Å². The van der Waals surface area contributed by atoms with Gasteiger partial charge in [0.25, 0.3) is 0 Å². The molecular formula is C8H14N4O3. The van der Waals surface area contributed by atoms with Gasteiger partial charge >= 0.3 is 5.69 Å². The summed E-state index contributed by atoms with van der Waals surface area (Å²) < 4.78 is 0. The lowest BCUT2D eigenvalue weighted by molar-refractivity contribution is -0.385. The Kier molecular flexibility index (Phi) is 3.75. The lowest BCUT2D eigenvalue weighted by Gasteiger charge is -2.21. The van der Waals surface area contributed by atoms with Crippen LogP contribution < -0.4 is 0 Å². The number of likely N-dealkylation sites (N-methyl/N-ethyl adjacent to an activating group) is 1. The first-order chi connectivity index (χ1) is 7.07. The van der Waals surface area contributed by atoms with Crippen molar-refractivity contribution in [3.63, 3.8) is 0 Å². The molecule has 7 heteroatoms. The molecular weight excluding hydrogens is 200 g/mol. The zero-order valence-electron chi connectivity index (χ0n) is 8.67. The number of nitrogens with one attached hydrogen (secondary N) is 1. The molecule has 0 saturated heterocycles. The van der Waals surface area contributed by atoms with Crippen molar-refractivity contribution in [3.05, 3.63) is 22.0 Å². The van der Waals surface area contributed by atoms with Crippen molar-refractivity contribution in [1.82, 2.24) is 15.1 Å². The number of aliphatic hydroxyl groups is 1. The first kappa shape index (κ1) is 11.6. The Morgan fingerprint density at radius 3 is 3.00 bits per heavy atom. The zero-order chi connectivity index (χ0) is 11.4. The molecule has 0 amide bonds. The average Bonchev–Trinajstić information content (AvgIpc) is 2.65. The molecule has 1 aromatic rings. The second-order valence-electron chi connectivity index (χ2n) is 3.31. The van der Waals surface area contributed by atoms with Gasteiger partial charge in [-0.1, -0.05) is 0 Å². The Balaban J connectivity index is 2.85. The van der Waals surface area contributed by atoms with Crippen molar-refractivity contribution in [3.8, 4) is 0 Å². The molecule has 0 spiro atoms. The minimum Gasteiger partial charge on any atom is -0.395 e. The van der Waals surface area contributed by atoms with E-state index in [-0.39, 0.29) is 18.3 Å². The second kappa shape index (κ2) is 4.85. The third kappa shape index (κ3) is 2.51. The molecule has 1 atom stereocenters. The highest BCUT2D eigenvalue weighted by molar-refractivity contribution is 5.33. The van der Waals surface area contributed by atoms with Gasteiger partial charge in [-0.15, -0.1) is 0 Å². The van der Waals surface area contributed by atoms with Crippen molar-refractivity contribution < 1.29 is 10.0 Å². The summed E-state index contributed by atoms with van der Waals surface area (Å²) in [6.45, 7) is 2.29. The Morgan fingerprint density at radius 2 is 2.47 bits per heavy atom. The highest BCUT2D eigenvalue weighted by atomic mass is 16.6. The Bertz CT molecular complexity index is 338. The van der Waals surface area contributed by atoms with Crippen LogP contribution in [0.2, 0.25) is 0 Å². The largest absolute Gasteiger partial charge is 0.395 e. The van der Waals surface area contributed by atoms with Crippen LogP contribution in [0.5, 0.6) is 0 Å². The van der Waals surface area contributed by atoms with Crippen molar-refractivity contribution in [2.45, 2.75) is 13.0 Å². The van der Waals surface area contributed by atoms with Gasteiger partial charge in [0, 0.05) is 6.54 Å². The molecule has 1 heterocycles. The van der Waals surface area contributed by atoms with Crippen LogP contribution in [-0.4, -0.2) is 45.3 Å². The molecule has 0 aliphatic heterocycles. The fourth-order valence-electron chi connectivity index (χ4n) is 1.31. The van der Waals surface area contributed by atoms with E-state index in [1.807, 2.05) is 6.92 Å². The smallest absolute Gasteiger partial charge is 0.311 e. The average molecular weight is 214 g/mol. The number of aromatic nitrogens is 2. The molecule has 0 aliphatic rings. The van der Waals surface area contributed by atoms with Crippen LogP contribution in [0.1, 0.15) is 18.7 Å². The van der Waals surface area contributed by atoms with E-state index in [0.717, 1.165) is 0 Å². The molecule has 0 fully saturated rings. The quantitative estimate of drug-likeness (QED) is 0.543. The summed E-state index contributed by atoms with van der Waals surface area (Å²) in [5, 5.41) is 25.7. The fraction of sp³-hybridized carbons (Fsp3) is 0.625. The maximum atomic E-state index is 10.6. The molecule has 84 valence electrons. The number of aromatic amines is 1. The molecule has 0 bridgehead atoms. The third-order valence-electron chi connectivity index (χ3n) is 2.38. The van der Waals surface area contributed by atoms with Gasteiger partial charge in [-0.2, -0.15) is 5.10 Å². The van der Waals surface area contributed by atoms with Gasteiger partial charge in [-0.3, -0.25) is 20.1 Å². The molecule has 15 heavy (non-hydrogen) atoms. The van der Waals surface area contributed by atoms with Crippen LogP contribution >= 0.6 is 0 Å². The number of nitrogens with zero attached hydrogens (tertiary/aromatic N) is 3. The number of H-pyrrole nitrogens is 1. The SMILES string of the molecule is C[C@@H](c1[nH]ncc1[N+](=O)[O-])N(C)CCO. The molecule has 0 radical (unpaired) electrons.